The lowest BCUT2D eigenvalue weighted by molar-refractivity contribution is 0.0997. The molecule has 8 heteroatoms. The number of halogens is 2. The predicted octanol–water partition coefficient (Wildman–Crippen LogP) is 5.82. The van der Waals surface area contributed by atoms with Crippen molar-refractivity contribution in [3.63, 3.8) is 0 Å². The van der Waals surface area contributed by atoms with Crippen LogP contribution < -0.4 is 5.32 Å². The second-order valence-electron chi connectivity index (χ2n) is 5.64. The lowest BCUT2D eigenvalue weighted by Gasteiger charge is -2.07. The van der Waals surface area contributed by atoms with E-state index in [4.69, 9.17) is 27.6 Å². The molecule has 5 nitrogen and oxygen atoms in total. The summed E-state index contributed by atoms with van der Waals surface area (Å²) < 4.78 is 14.1. The number of furan rings is 1. The molecule has 0 bridgehead atoms. The first-order valence-corrected chi connectivity index (χ1v) is 9.10. The molecule has 4 aromatic rings. The number of aryl methyl sites for hydroxylation is 1. The molecular formula is C18H11Cl2N3O2S. The number of hydrogen-bond donors (Lipinski definition) is 1. The van der Waals surface area contributed by atoms with Crippen LogP contribution in [0.15, 0.2) is 46.9 Å². The van der Waals surface area contributed by atoms with Gasteiger partial charge in [-0.05, 0) is 48.9 Å². The van der Waals surface area contributed by atoms with Crippen LogP contribution in [0.5, 0.6) is 0 Å². The van der Waals surface area contributed by atoms with Crippen LogP contribution in [-0.2, 0) is 0 Å². The van der Waals surface area contributed by atoms with Crippen LogP contribution in [0.25, 0.3) is 22.4 Å². The number of anilines is 1. The number of carbonyl (C=O) groups is 1. The molecular weight excluding hydrogens is 393 g/mol. The molecule has 2 aromatic carbocycles. The maximum atomic E-state index is 12.6. The van der Waals surface area contributed by atoms with Gasteiger partial charge in [0.1, 0.15) is 16.8 Å². The van der Waals surface area contributed by atoms with Gasteiger partial charge >= 0.3 is 0 Å². The number of rotatable bonds is 3. The van der Waals surface area contributed by atoms with Crippen LogP contribution in [0.4, 0.5) is 5.69 Å². The summed E-state index contributed by atoms with van der Waals surface area (Å²) in [5.41, 5.74) is 3.68. The summed E-state index contributed by atoms with van der Waals surface area (Å²) in [6, 6.07) is 12.2. The van der Waals surface area contributed by atoms with Gasteiger partial charge in [0.25, 0.3) is 5.91 Å². The van der Waals surface area contributed by atoms with Crippen molar-refractivity contribution in [1.82, 2.24) is 8.75 Å². The van der Waals surface area contributed by atoms with E-state index >= 15 is 0 Å². The Hall–Kier alpha value is -2.41. The minimum Gasteiger partial charge on any atom is -0.451 e. The van der Waals surface area contributed by atoms with Gasteiger partial charge in [-0.25, -0.2) is 0 Å². The highest BCUT2D eigenvalue weighted by Crippen LogP contribution is 2.30. The smallest absolute Gasteiger partial charge is 0.291 e. The highest BCUT2D eigenvalue weighted by atomic mass is 35.5. The summed E-state index contributed by atoms with van der Waals surface area (Å²) in [6.45, 7) is 1.90. The van der Waals surface area contributed by atoms with Gasteiger partial charge in [0.15, 0.2) is 5.76 Å². The Morgan fingerprint density at radius 2 is 1.92 bits per heavy atom. The summed E-state index contributed by atoms with van der Waals surface area (Å²) >= 11 is 13.1. The molecule has 2 aromatic heterocycles. The fourth-order valence-electron chi connectivity index (χ4n) is 2.55. The fourth-order valence-corrected chi connectivity index (χ4v) is 3.39. The molecule has 0 aliphatic heterocycles. The largest absolute Gasteiger partial charge is 0.451 e. The number of carbonyl (C=O) groups excluding carboxylic acids is 1. The van der Waals surface area contributed by atoms with Gasteiger partial charge in [-0.2, -0.15) is 8.75 Å². The quantitative estimate of drug-likeness (QED) is 0.467. The highest BCUT2D eigenvalue weighted by molar-refractivity contribution is 7.00. The molecule has 0 aliphatic carbocycles. The summed E-state index contributed by atoms with van der Waals surface area (Å²) in [4.78, 5) is 12.6. The molecule has 0 aliphatic rings. The summed E-state index contributed by atoms with van der Waals surface area (Å²) in [6.07, 6.45) is 0. The molecule has 0 unspecified atom stereocenters. The Morgan fingerprint density at radius 3 is 2.73 bits per heavy atom. The second kappa shape index (κ2) is 6.72. The predicted molar refractivity (Wildman–Crippen MR) is 104 cm³/mol. The van der Waals surface area contributed by atoms with Gasteiger partial charge in [0.05, 0.1) is 27.5 Å². The maximum Gasteiger partial charge on any atom is 0.291 e. The maximum absolute atomic E-state index is 12.6. The first-order valence-electron chi connectivity index (χ1n) is 7.61. The van der Waals surface area contributed by atoms with Crippen molar-refractivity contribution < 1.29 is 9.21 Å². The third-order valence-electron chi connectivity index (χ3n) is 3.91. The molecule has 26 heavy (non-hydrogen) atoms. The topological polar surface area (TPSA) is 68.0 Å². The van der Waals surface area contributed by atoms with Crippen molar-refractivity contribution >= 4 is 57.6 Å². The Bertz CT molecular complexity index is 1140. The minimum absolute atomic E-state index is 0.186. The van der Waals surface area contributed by atoms with E-state index in [-0.39, 0.29) is 11.7 Å². The highest BCUT2D eigenvalue weighted by Gasteiger charge is 2.17. The van der Waals surface area contributed by atoms with Crippen LogP contribution in [0.2, 0.25) is 10.0 Å². The zero-order valence-corrected chi connectivity index (χ0v) is 15.7. The second-order valence-corrected chi connectivity index (χ2v) is 6.98. The van der Waals surface area contributed by atoms with Crippen molar-refractivity contribution in [2.24, 2.45) is 0 Å². The van der Waals surface area contributed by atoms with Crippen molar-refractivity contribution in [2.45, 2.75) is 6.92 Å². The average Bonchev–Trinajstić information content (AvgIpc) is 3.29. The van der Waals surface area contributed by atoms with Crippen molar-refractivity contribution in [3.05, 3.63) is 63.8 Å². The number of aromatic nitrogens is 2. The molecule has 0 saturated carbocycles. The van der Waals surface area contributed by atoms with Gasteiger partial charge in [-0.1, -0.05) is 29.3 Å². The van der Waals surface area contributed by atoms with Gasteiger partial charge in [0, 0.05) is 5.56 Å². The molecule has 0 atom stereocenters. The average molecular weight is 404 g/mol. The van der Waals surface area contributed by atoms with E-state index < -0.39 is 0 Å². The number of nitrogens with one attached hydrogen (secondary N) is 1. The van der Waals surface area contributed by atoms with Crippen LogP contribution in [0, 0.1) is 6.92 Å². The summed E-state index contributed by atoms with van der Waals surface area (Å²) in [5.74, 6) is 0.351. The number of benzene rings is 2. The van der Waals surface area contributed by atoms with Crippen molar-refractivity contribution in [3.8, 4) is 11.3 Å². The van der Waals surface area contributed by atoms with E-state index in [9.17, 15) is 4.79 Å². The molecule has 1 amide bonds. The van der Waals surface area contributed by atoms with Crippen LogP contribution in [-0.4, -0.2) is 14.7 Å². The SMILES string of the molecule is Cc1ccc2nsnc2c1NC(=O)c1ccc(-c2ccc(Cl)c(Cl)c2)o1. The Labute approximate surface area is 162 Å². The van der Waals surface area contributed by atoms with Gasteiger partial charge < -0.3 is 9.73 Å². The van der Waals surface area contributed by atoms with Gasteiger partial charge in [-0.15, -0.1) is 0 Å². The lowest BCUT2D eigenvalue weighted by atomic mass is 10.1. The molecule has 0 radical (unpaired) electrons. The van der Waals surface area contributed by atoms with Crippen molar-refractivity contribution in [1.29, 1.82) is 0 Å². The third kappa shape index (κ3) is 3.07. The van der Waals surface area contributed by atoms with E-state index in [1.54, 1.807) is 30.3 Å². The fraction of sp³-hybridized carbons (Fsp3) is 0.0556. The summed E-state index contributed by atoms with van der Waals surface area (Å²) in [5, 5.41) is 3.75. The van der Waals surface area contributed by atoms with Gasteiger partial charge in [-0.3, -0.25) is 4.79 Å². The zero-order valence-electron chi connectivity index (χ0n) is 13.4. The monoisotopic (exact) mass is 403 g/mol. The lowest BCUT2D eigenvalue weighted by Crippen LogP contribution is -2.12. The first-order chi connectivity index (χ1) is 12.5. The molecule has 0 spiro atoms. The standard InChI is InChI=1S/C18H11Cl2N3O2S/c1-9-2-5-13-17(23-26-22-13)16(9)21-18(24)15-7-6-14(25-15)10-3-4-11(19)12(20)8-10/h2-8H,1H3,(H,21,24). The Kier molecular flexibility index (Phi) is 4.40. The first kappa shape index (κ1) is 17.0. The van der Waals surface area contributed by atoms with Crippen molar-refractivity contribution in [2.75, 3.05) is 5.32 Å². The number of fused-ring (bicyclic) bond motifs is 1. The van der Waals surface area contributed by atoms with Gasteiger partial charge in [0.2, 0.25) is 0 Å². The zero-order chi connectivity index (χ0) is 18.3. The van der Waals surface area contributed by atoms with E-state index in [0.717, 1.165) is 28.4 Å². The van der Waals surface area contributed by atoms with E-state index in [0.29, 0.717) is 27.0 Å². The number of nitrogens with zero attached hydrogens (tertiary/aromatic N) is 2. The molecule has 130 valence electrons. The normalized spacial score (nSPS) is 11.0. The van der Waals surface area contributed by atoms with E-state index in [2.05, 4.69) is 14.1 Å². The molecule has 4 rings (SSSR count). The number of amides is 1. The third-order valence-corrected chi connectivity index (χ3v) is 5.19. The van der Waals surface area contributed by atoms with E-state index in [1.165, 1.54) is 0 Å². The Morgan fingerprint density at radius 1 is 1.08 bits per heavy atom. The number of hydrogen-bond acceptors (Lipinski definition) is 5. The molecule has 1 N–H and O–H groups in total. The van der Waals surface area contributed by atoms with Crippen LogP contribution >= 0.6 is 34.9 Å². The van der Waals surface area contributed by atoms with Crippen LogP contribution in [0.1, 0.15) is 16.1 Å². The molecule has 0 saturated heterocycles. The minimum atomic E-state index is -0.361. The van der Waals surface area contributed by atoms with E-state index in [1.807, 2.05) is 19.1 Å². The van der Waals surface area contributed by atoms with Crippen LogP contribution in [0.3, 0.4) is 0 Å². The summed E-state index contributed by atoms with van der Waals surface area (Å²) in [7, 11) is 0. The molecule has 0 fully saturated rings. The molecule has 2 heterocycles. The Balaban J connectivity index is 1.63.